The summed E-state index contributed by atoms with van der Waals surface area (Å²) in [5.74, 6) is -0.560. The lowest BCUT2D eigenvalue weighted by Crippen LogP contribution is -2.47. The number of halogens is 4. The molecule has 1 saturated carbocycles. The third kappa shape index (κ3) is 6.50. The first kappa shape index (κ1) is 29.8. The van der Waals surface area contributed by atoms with Gasteiger partial charge < -0.3 is 14.5 Å². The van der Waals surface area contributed by atoms with Gasteiger partial charge in [-0.25, -0.2) is 18.0 Å². The van der Waals surface area contributed by atoms with Gasteiger partial charge in [-0.1, -0.05) is 29.8 Å². The molecule has 3 heterocycles. The molecule has 3 aliphatic rings. The lowest BCUT2D eigenvalue weighted by Gasteiger charge is -2.37. The summed E-state index contributed by atoms with van der Waals surface area (Å²) in [5, 5.41) is 4.82. The van der Waals surface area contributed by atoms with Crippen molar-refractivity contribution < 1.29 is 22.7 Å². The van der Waals surface area contributed by atoms with Crippen molar-refractivity contribution >= 4 is 28.9 Å². The van der Waals surface area contributed by atoms with E-state index in [0.717, 1.165) is 68.2 Å². The molecule has 1 unspecified atom stereocenters. The molecule has 230 valence electrons. The Morgan fingerprint density at radius 1 is 1.07 bits per heavy atom. The Balaban J connectivity index is 1.19. The highest BCUT2D eigenvalue weighted by Gasteiger charge is 2.39. The Kier molecular flexibility index (Phi) is 8.86. The van der Waals surface area contributed by atoms with Gasteiger partial charge in [-0.3, -0.25) is 9.58 Å². The number of rotatable bonds is 9. The molecule has 2 aromatic carbocycles. The van der Waals surface area contributed by atoms with Crippen LogP contribution in [-0.4, -0.2) is 79.2 Å². The number of nitrogens with zero attached hydrogens (tertiary/aromatic N) is 5. The fraction of sp³-hybridized carbons (Fsp3) is 0.500. The topological polar surface area (TPSA) is 53.8 Å². The van der Waals surface area contributed by atoms with Crippen LogP contribution in [0.5, 0.6) is 0 Å². The van der Waals surface area contributed by atoms with Crippen LogP contribution in [0.3, 0.4) is 0 Å². The maximum atomic E-state index is 14.2. The second kappa shape index (κ2) is 12.8. The van der Waals surface area contributed by atoms with E-state index in [2.05, 4.69) is 44.1 Å². The van der Waals surface area contributed by atoms with E-state index in [-0.39, 0.29) is 24.1 Å². The molecule has 0 spiro atoms. The van der Waals surface area contributed by atoms with E-state index >= 15 is 0 Å². The predicted molar refractivity (Wildman–Crippen MR) is 162 cm³/mol. The summed E-state index contributed by atoms with van der Waals surface area (Å²) >= 11 is 6.47. The Labute approximate surface area is 255 Å². The van der Waals surface area contributed by atoms with Crippen molar-refractivity contribution in [3.05, 3.63) is 64.9 Å². The molecule has 1 aromatic heterocycles. The van der Waals surface area contributed by atoms with Crippen LogP contribution >= 0.6 is 11.6 Å². The molecule has 43 heavy (non-hydrogen) atoms. The SMILES string of the molecule is CCOC(=O)c1cnn(C2CCCN(c3cc(Cl)ccc3-c3ccc(N4CCN(C[C@@H]5C[C@H]5F)CC4)cc3)C2)c1C(F)F. The zero-order chi connectivity index (χ0) is 30.1. The van der Waals surface area contributed by atoms with E-state index in [4.69, 9.17) is 16.3 Å². The minimum Gasteiger partial charge on any atom is -0.462 e. The van der Waals surface area contributed by atoms with E-state index in [1.807, 2.05) is 18.2 Å². The molecule has 6 rings (SSSR count). The standard InChI is InChI=1S/C32H37ClF3N5O2/c1-2-43-32(42)27-18-37-41(30(27)31(35)36)25-4-3-11-40(20-25)29-17-23(33)7-10-26(29)21-5-8-24(9-6-21)39-14-12-38(13-15-39)19-22-16-28(22)34/h5-10,17-18,22,25,28,31H,2-4,11-16,19-20H2,1H3/t22-,25?,28+/m0/s1. The normalized spacial score (nSPS) is 22.7. The molecule has 3 fully saturated rings. The molecule has 0 amide bonds. The summed E-state index contributed by atoms with van der Waals surface area (Å²) in [6.07, 6.45) is -0.135. The average Bonchev–Trinajstić information content (AvgIpc) is 3.51. The Hall–Kier alpha value is -3.24. The van der Waals surface area contributed by atoms with Gasteiger partial charge in [-0.2, -0.15) is 5.10 Å². The summed E-state index contributed by atoms with van der Waals surface area (Å²) in [6.45, 7) is 7.49. The maximum absolute atomic E-state index is 14.2. The fourth-order valence-corrected chi connectivity index (χ4v) is 6.57. The van der Waals surface area contributed by atoms with Gasteiger partial charge in [-0.05, 0) is 56.0 Å². The quantitative estimate of drug-likeness (QED) is 0.252. The summed E-state index contributed by atoms with van der Waals surface area (Å²) in [5.41, 5.74) is 3.55. The van der Waals surface area contributed by atoms with Crippen molar-refractivity contribution in [1.29, 1.82) is 0 Å². The lowest BCUT2D eigenvalue weighted by atomic mass is 9.99. The zero-order valence-electron chi connectivity index (χ0n) is 24.3. The van der Waals surface area contributed by atoms with E-state index in [1.165, 1.54) is 10.9 Å². The molecule has 1 aliphatic carbocycles. The number of carbonyl (C=O) groups excluding carboxylic acids is 1. The number of alkyl halides is 3. The van der Waals surface area contributed by atoms with Gasteiger partial charge in [0.1, 0.15) is 17.4 Å². The van der Waals surface area contributed by atoms with Crippen molar-refractivity contribution in [1.82, 2.24) is 14.7 Å². The van der Waals surface area contributed by atoms with Gasteiger partial charge >= 0.3 is 5.97 Å². The second-order valence-electron chi connectivity index (χ2n) is 11.7. The molecular weight excluding hydrogens is 579 g/mol. The van der Waals surface area contributed by atoms with Crippen molar-refractivity contribution in [3.63, 3.8) is 0 Å². The fourth-order valence-electron chi connectivity index (χ4n) is 6.40. The first-order chi connectivity index (χ1) is 20.8. The van der Waals surface area contributed by atoms with Crippen LogP contribution in [0, 0.1) is 5.92 Å². The lowest BCUT2D eigenvalue weighted by molar-refractivity contribution is 0.0512. The Bertz CT molecular complexity index is 1430. The van der Waals surface area contributed by atoms with Crippen LogP contribution in [0.1, 0.15) is 54.7 Å². The van der Waals surface area contributed by atoms with Gasteiger partial charge in [0.2, 0.25) is 0 Å². The number of anilines is 2. The summed E-state index contributed by atoms with van der Waals surface area (Å²) in [6, 6.07) is 13.9. The van der Waals surface area contributed by atoms with E-state index in [9.17, 15) is 18.0 Å². The molecule has 3 aromatic rings. The number of ether oxygens (including phenoxy) is 1. The third-order valence-electron chi connectivity index (χ3n) is 8.82. The highest BCUT2D eigenvalue weighted by molar-refractivity contribution is 6.31. The van der Waals surface area contributed by atoms with Crippen molar-refractivity contribution in [3.8, 4) is 11.1 Å². The summed E-state index contributed by atoms with van der Waals surface area (Å²) in [7, 11) is 0. The van der Waals surface area contributed by atoms with Crippen LogP contribution < -0.4 is 9.80 Å². The van der Waals surface area contributed by atoms with Crippen molar-refractivity contribution in [2.24, 2.45) is 5.92 Å². The third-order valence-corrected chi connectivity index (χ3v) is 9.06. The van der Waals surface area contributed by atoms with E-state index in [1.54, 1.807) is 6.92 Å². The molecule has 0 bridgehead atoms. The minimum atomic E-state index is -2.86. The van der Waals surface area contributed by atoms with Gasteiger partial charge in [0.25, 0.3) is 6.43 Å². The van der Waals surface area contributed by atoms with E-state index in [0.29, 0.717) is 24.4 Å². The maximum Gasteiger partial charge on any atom is 0.341 e. The smallest absolute Gasteiger partial charge is 0.341 e. The first-order valence-corrected chi connectivity index (χ1v) is 15.5. The monoisotopic (exact) mass is 615 g/mol. The minimum absolute atomic E-state index is 0.0986. The van der Waals surface area contributed by atoms with Crippen molar-refractivity contribution in [2.75, 3.05) is 62.2 Å². The van der Waals surface area contributed by atoms with Crippen LogP contribution in [0.25, 0.3) is 11.1 Å². The zero-order valence-corrected chi connectivity index (χ0v) is 25.0. The van der Waals surface area contributed by atoms with Crippen LogP contribution in [0.15, 0.2) is 48.7 Å². The summed E-state index contributed by atoms with van der Waals surface area (Å²) in [4.78, 5) is 19.2. The van der Waals surface area contributed by atoms with Gasteiger partial charge in [0, 0.05) is 73.7 Å². The molecule has 2 aliphatic heterocycles. The highest BCUT2D eigenvalue weighted by atomic mass is 35.5. The van der Waals surface area contributed by atoms with E-state index < -0.39 is 24.3 Å². The number of esters is 1. The second-order valence-corrected chi connectivity index (χ2v) is 12.1. The molecule has 3 atom stereocenters. The number of benzene rings is 2. The largest absolute Gasteiger partial charge is 0.462 e. The Morgan fingerprint density at radius 2 is 1.81 bits per heavy atom. The average molecular weight is 616 g/mol. The number of aromatic nitrogens is 2. The van der Waals surface area contributed by atoms with Gasteiger partial charge in [0.15, 0.2) is 0 Å². The number of piperidine rings is 1. The van der Waals surface area contributed by atoms with Gasteiger partial charge in [-0.15, -0.1) is 0 Å². The summed E-state index contributed by atoms with van der Waals surface area (Å²) < 4.78 is 48.0. The number of piperazine rings is 1. The van der Waals surface area contributed by atoms with Crippen LogP contribution in [-0.2, 0) is 4.74 Å². The van der Waals surface area contributed by atoms with Crippen LogP contribution in [0.2, 0.25) is 5.02 Å². The van der Waals surface area contributed by atoms with Gasteiger partial charge in [0.05, 0.1) is 18.8 Å². The number of carbonyl (C=O) groups is 1. The predicted octanol–water partition coefficient (Wildman–Crippen LogP) is 6.64. The van der Waals surface area contributed by atoms with Crippen molar-refractivity contribution in [2.45, 2.75) is 44.8 Å². The molecule has 0 N–H and O–H groups in total. The van der Waals surface area contributed by atoms with Crippen LogP contribution in [0.4, 0.5) is 24.5 Å². The molecule has 7 nitrogen and oxygen atoms in total. The Morgan fingerprint density at radius 3 is 2.49 bits per heavy atom. The molecule has 11 heteroatoms. The highest BCUT2D eigenvalue weighted by Crippen LogP contribution is 2.39. The molecule has 2 saturated heterocycles. The molecular formula is C32H37ClF3N5O2. The molecule has 0 radical (unpaired) electrons. The first-order valence-electron chi connectivity index (χ1n) is 15.1. The number of hydrogen-bond donors (Lipinski definition) is 0. The number of hydrogen-bond acceptors (Lipinski definition) is 6.